The Labute approximate surface area is 146 Å². The van der Waals surface area contributed by atoms with E-state index in [4.69, 9.17) is 11.6 Å². The smallest absolute Gasteiger partial charge is 0.251 e. The molecule has 0 unspecified atom stereocenters. The van der Waals surface area contributed by atoms with Crippen LogP contribution in [0.1, 0.15) is 34.7 Å². The second-order valence-corrected chi connectivity index (χ2v) is 6.40. The lowest BCUT2D eigenvalue weighted by molar-refractivity contribution is 0.0931. The van der Waals surface area contributed by atoms with Crippen LogP contribution in [0, 0.1) is 13.8 Å². The zero-order valence-corrected chi connectivity index (χ0v) is 14.5. The maximum absolute atomic E-state index is 12.3. The Morgan fingerprint density at radius 2 is 2.00 bits per heavy atom. The fraction of sp³-hybridized carbons (Fsp3) is 0.412. The lowest BCUT2D eigenvalue weighted by Gasteiger charge is -2.33. The second kappa shape index (κ2) is 7.13. The molecule has 3 rings (SSSR count). The molecule has 1 saturated heterocycles. The Balaban J connectivity index is 1.58. The number of hydrogen-bond acceptors (Lipinski definition) is 5. The third-order valence-corrected chi connectivity index (χ3v) is 4.30. The standard InChI is InChI=1S/C17H20ClN5O/c1-11-9-16(21-12(2)20-11)23-7-4-14(5-8-23)22-17(24)13-3-6-19-15(18)10-13/h3,6,9-10,14H,4-5,7-8H2,1-2H3,(H,22,24). The van der Waals surface area contributed by atoms with Gasteiger partial charge >= 0.3 is 0 Å². The maximum Gasteiger partial charge on any atom is 0.251 e. The average molecular weight is 346 g/mol. The van der Waals surface area contributed by atoms with Gasteiger partial charge in [0.15, 0.2) is 0 Å². The number of rotatable bonds is 3. The number of hydrogen-bond donors (Lipinski definition) is 1. The number of pyridine rings is 1. The number of nitrogens with one attached hydrogen (secondary N) is 1. The lowest BCUT2D eigenvalue weighted by atomic mass is 10.0. The van der Waals surface area contributed by atoms with E-state index in [0.29, 0.717) is 10.7 Å². The van der Waals surface area contributed by atoms with Gasteiger partial charge in [0.1, 0.15) is 16.8 Å². The van der Waals surface area contributed by atoms with E-state index in [0.717, 1.165) is 43.3 Å². The predicted octanol–water partition coefficient (Wildman–Crippen LogP) is 2.54. The highest BCUT2D eigenvalue weighted by Crippen LogP contribution is 2.19. The summed E-state index contributed by atoms with van der Waals surface area (Å²) in [5.41, 5.74) is 1.52. The van der Waals surface area contributed by atoms with E-state index < -0.39 is 0 Å². The summed E-state index contributed by atoms with van der Waals surface area (Å²) < 4.78 is 0. The van der Waals surface area contributed by atoms with Crippen molar-refractivity contribution in [2.24, 2.45) is 0 Å². The summed E-state index contributed by atoms with van der Waals surface area (Å²) in [6.45, 7) is 5.60. The minimum absolute atomic E-state index is 0.105. The number of aromatic nitrogens is 3. The normalized spacial score (nSPS) is 15.4. The van der Waals surface area contributed by atoms with Crippen LogP contribution in [0.4, 0.5) is 5.82 Å². The zero-order chi connectivity index (χ0) is 17.1. The van der Waals surface area contributed by atoms with Gasteiger partial charge in [-0.15, -0.1) is 0 Å². The van der Waals surface area contributed by atoms with Crippen molar-refractivity contribution >= 4 is 23.3 Å². The van der Waals surface area contributed by atoms with Crippen LogP contribution in [0.3, 0.4) is 0 Å². The number of piperidine rings is 1. The molecule has 24 heavy (non-hydrogen) atoms. The summed E-state index contributed by atoms with van der Waals surface area (Å²) in [7, 11) is 0. The molecule has 1 fully saturated rings. The minimum atomic E-state index is -0.105. The van der Waals surface area contributed by atoms with Crippen LogP contribution in [-0.4, -0.2) is 40.0 Å². The maximum atomic E-state index is 12.3. The van der Waals surface area contributed by atoms with Gasteiger partial charge in [-0.1, -0.05) is 11.6 Å². The Morgan fingerprint density at radius 3 is 2.67 bits per heavy atom. The van der Waals surface area contributed by atoms with Crippen LogP contribution in [0.5, 0.6) is 0 Å². The molecule has 2 aromatic heterocycles. The van der Waals surface area contributed by atoms with Crippen LogP contribution >= 0.6 is 11.6 Å². The fourth-order valence-corrected chi connectivity index (χ4v) is 3.10. The summed E-state index contributed by atoms with van der Waals surface area (Å²) in [5, 5.41) is 3.40. The number of anilines is 1. The molecule has 2 aromatic rings. The van der Waals surface area contributed by atoms with E-state index in [-0.39, 0.29) is 11.9 Å². The van der Waals surface area contributed by atoms with Crippen molar-refractivity contribution in [1.82, 2.24) is 20.3 Å². The second-order valence-electron chi connectivity index (χ2n) is 6.02. The van der Waals surface area contributed by atoms with E-state index in [2.05, 4.69) is 25.2 Å². The van der Waals surface area contributed by atoms with Gasteiger partial charge in [-0.3, -0.25) is 4.79 Å². The first-order valence-electron chi connectivity index (χ1n) is 8.01. The number of amides is 1. The van der Waals surface area contributed by atoms with Crippen LogP contribution in [0.15, 0.2) is 24.4 Å². The Bertz CT molecular complexity index is 723. The third kappa shape index (κ3) is 4.00. The van der Waals surface area contributed by atoms with Gasteiger partial charge in [0.2, 0.25) is 0 Å². The summed E-state index contributed by atoms with van der Waals surface area (Å²) in [4.78, 5) is 27.2. The molecule has 0 aliphatic carbocycles. The summed E-state index contributed by atoms with van der Waals surface area (Å²) >= 11 is 5.83. The van der Waals surface area contributed by atoms with Gasteiger partial charge in [0.25, 0.3) is 5.91 Å². The fourth-order valence-electron chi connectivity index (χ4n) is 2.92. The predicted molar refractivity (Wildman–Crippen MR) is 93.5 cm³/mol. The van der Waals surface area contributed by atoms with Gasteiger partial charge in [-0.25, -0.2) is 15.0 Å². The minimum Gasteiger partial charge on any atom is -0.356 e. The average Bonchev–Trinajstić information content (AvgIpc) is 2.54. The van der Waals surface area contributed by atoms with Gasteiger partial charge in [-0.2, -0.15) is 0 Å². The quantitative estimate of drug-likeness (QED) is 0.865. The van der Waals surface area contributed by atoms with E-state index in [1.165, 1.54) is 0 Å². The van der Waals surface area contributed by atoms with Crippen molar-refractivity contribution in [1.29, 1.82) is 0 Å². The van der Waals surface area contributed by atoms with E-state index >= 15 is 0 Å². The van der Waals surface area contributed by atoms with Crippen LogP contribution < -0.4 is 10.2 Å². The van der Waals surface area contributed by atoms with Gasteiger partial charge in [-0.05, 0) is 38.8 Å². The molecule has 0 aromatic carbocycles. The third-order valence-electron chi connectivity index (χ3n) is 4.10. The Morgan fingerprint density at radius 1 is 1.25 bits per heavy atom. The lowest BCUT2D eigenvalue weighted by Crippen LogP contribution is -2.45. The van der Waals surface area contributed by atoms with Crippen molar-refractivity contribution in [2.45, 2.75) is 32.7 Å². The van der Waals surface area contributed by atoms with Crippen molar-refractivity contribution in [3.8, 4) is 0 Å². The monoisotopic (exact) mass is 345 g/mol. The topological polar surface area (TPSA) is 71.0 Å². The molecule has 0 saturated carbocycles. The van der Waals surface area contributed by atoms with Gasteiger partial charge in [0.05, 0.1) is 0 Å². The van der Waals surface area contributed by atoms with Gasteiger partial charge < -0.3 is 10.2 Å². The molecule has 0 radical (unpaired) electrons. The molecule has 1 aliphatic heterocycles. The van der Waals surface area contributed by atoms with Crippen molar-refractivity contribution in [3.05, 3.63) is 46.6 Å². The highest BCUT2D eigenvalue weighted by atomic mass is 35.5. The first kappa shape index (κ1) is 16.6. The molecule has 1 aliphatic rings. The van der Waals surface area contributed by atoms with Gasteiger partial charge in [0, 0.05) is 42.7 Å². The molecular formula is C17H20ClN5O. The molecule has 126 valence electrons. The van der Waals surface area contributed by atoms with E-state index in [9.17, 15) is 4.79 Å². The number of aryl methyl sites for hydroxylation is 2. The number of halogens is 1. The molecule has 1 amide bonds. The molecular weight excluding hydrogens is 326 g/mol. The molecule has 7 heteroatoms. The molecule has 0 spiro atoms. The summed E-state index contributed by atoms with van der Waals surface area (Å²) in [6.07, 6.45) is 3.30. The first-order valence-corrected chi connectivity index (χ1v) is 8.39. The molecule has 0 atom stereocenters. The zero-order valence-electron chi connectivity index (χ0n) is 13.8. The first-order chi connectivity index (χ1) is 11.5. The SMILES string of the molecule is Cc1cc(N2CCC(NC(=O)c3ccnc(Cl)c3)CC2)nc(C)n1. The molecule has 0 bridgehead atoms. The highest BCUT2D eigenvalue weighted by Gasteiger charge is 2.22. The van der Waals surface area contributed by atoms with E-state index in [1.54, 1.807) is 18.3 Å². The molecule has 3 heterocycles. The van der Waals surface area contributed by atoms with E-state index in [1.807, 2.05) is 19.9 Å². The van der Waals surface area contributed by atoms with Crippen LogP contribution in [0.2, 0.25) is 5.15 Å². The van der Waals surface area contributed by atoms with Crippen LogP contribution in [-0.2, 0) is 0 Å². The Hall–Kier alpha value is -2.21. The molecule has 1 N–H and O–H groups in total. The van der Waals surface area contributed by atoms with Crippen LogP contribution in [0.25, 0.3) is 0 Å². The largest absolute Gasteiger partial charge is 0.356 e. The number of carbonyl (C=O) groups is 1. The molecule has 6 nitrogen and oxygen atoms in total. The van der Waals surface area contributed by atoms with Crippen molar-refractivity contribution in [2.75, 3.05) is 18.0 Å². The van der Waals surface area contributed by atoms with Crippen molar-refractivity contribution < 1.29 is 4.79 Å². The van der Waals surface area contributed by atoms with Crippen molar-refractivity contribution in [3.63, 3.8) is 0 Å². The number of carbonyl (C=O) groups excluding carboxylic acids is 1. The summed E-state index contributed by atoms with van der Waals surface area (Å²) in [6, 6.07) is 5.41. The highest BCUT2D eigenvalue weighted by molar-refractivity contribution is 6.29. The Kier molecular flexibility index (Phi) is 4.94. The summed E-state index contributed by atoms with van der Waals surface area (Å²) in [5.74, 6) is 1.65. The number of nitrogens with zero attached hydrogens (tertiary/aromatic N) is 4.